The van der Waals surface area contributed by atoms with Gasteiger partial charge in [0.15, 0.2) is 5.96 Å². The van der Waals surface area contributed by atoms with Crippen LogP contribution in [0.25, 0.3) is 0 Å². The molecule has 26 heavy (non-hydrogen) atoms. The predicted molar refractivity (Wildman–Crippen MR) is 114 cm³/mol. The second kappa shape index (κ2) is 14.2. The number of aliphatic imine (C=N–C) groups is 1. The van der Waals surface area contributed by atoms with Crippen LogP contribution in [0.2, 0.25) is 0 Å². The second-order valence-corrected chi connectivity index (χ2v) is 6.24. The van der Waals surface area contributed by atoms with E-state index in [1.807, 2.05) is 13.0 Å². The van der Waals surface area contributed by atoms with Gasteiger partial charge in [-0.25, -0.2) is 9.38 Å². The Balaban J connectivity index is 0.00000338. The smallest absolute Gasteiger partial charge is 0.191 e. The van der Waals surface area contributed by atoms with Crippen molar-refractivity contribution in [2.24, 2.45) is 10.9 Å². The van der Waals surface area contributed by atoms with E-state index in [2.05, 4.69) is 15.6 Å². The predicted octanol–water partition coefficient (Wildman–Crippen LogP) is 3.33. The van der Waals surface area contributed by atoms with Crippen molar-refractivity contribution in [3.05, 3.63) is 35.6 Å². The highest BCUT2D eigenvalue weighted by atomic mass is 127. The van der Waals surface area contributed by atoms with E-state index in [0.29, 0.717) is 12.5 Å². The van der Waals surface area contributed by atoms with Crippen molar-refractivity contribution < 1.29 is 13.9 Å². The van der Waals surface area contributed by atoms with Crippen LogP contribution in [-0.2, 0) is 16.0 Å². The fourth-order valence-electron chi connectivity index (χ4n) is 2.69. The van der Waals surface area contributed by atoms with Crippen molar-refractivity contribution in [2.45, 2.75) is 32.7 Å². The van der Waals surface area contributed by atoms with E-state index in [1.54, 1.807) is 6.07 Å². The van der Waals surface area contributed by atoms with Crippen molar-refractivity contribution in [3.63, 3.8) is 0 Å². The van der Waals surface area contributed by atoms with Crippen LogP contribution in [0.4, 0.5) is 4.39 Å². The number of nitrogens with one attached hydrogen (secondary N) is 2. The molecule has 0 amide bonds. The molecule has 0 aliphatic carbocycles. The number of hydrogen-bond acceptors (Lipinski definition) is 3. The fourth-order valence-corrected chi connectivity index (χ4v) is 2.69. The van der Waals surface area contributed by atoms with E-state index >= 15 is 0 Å². The minimum atomic E-state index is -0.229. The van der Waals surface area contributed by atoms with Gasteiger partial charge in [0.2, 0.25) is 0 Å². The van der Waals surface area contributed by atoms with Gasteiger partial charge in [-0.05, 0) is 49.8 Å². The number of guanidine groups is 1. The molecule has 0 saturated carbocycles. The van der Waals surface area contributed by atoms with Gasteiger partial charge in [-0.15, -0.1) is 24.0 Å². The van der Waals surface area contributed by atoms with Gasteiger partial charge in [0.05, 0.1) is 6.54 Å². The maximum absolute atomic E-state index is 13.2. The lowest BCUT2D eigenvalue weighted by molar-refractivity contribution is 0.0203. The van der Waals surface area contributed by atoms with Gasteiger partial charge >= 0.3 is 0 Å². The highest BCUT2D eigenvalue weighted by Crippen LogP contribution is 2.14. The quantitative estimate of drug-likeness (QED) is 0.247. The Hall–Kier alpha value is -0.930. The third kappa shape index (κ3) is 9.68. The number of rotatable bonds is 9. The van der Waals surface area contributed by atoms with Gasteiger partial charge in [-0.2, -0.15) is 0 Å². The molecule has 0 radical (unpaired) electrons. The Bertz CT molecular complexity index is 525. The lowest BCUT2D eigenvalue weighted by atomic mass is 10.0. The molecule has 1 aromatic carbocycles. The molecule has 1 aliphatic heterocycles. The van der Waals surface area contributed by atoms with Gasteiger partial charge in [0, 0.05) is 39.5 Å². The first kappa shape index (κ1) is 23.1. The molecule has 1 saturated heterocycles. The van der Waals surface area contributed by atoms with Crippen LogP contribution in [0.15, 0.2) is 29.3 Å². The summed E-state index contributed by atoms with van der Waals surface area (Å²) in [4.78, 5) is 4.49. The lowest BCUT2D eigenvalue weighted by Gasteiger charge is -2.21. The van der Waals surface area contributed by atoms with Crippen molar-refractivity contribution in [1.29, 1.82) is 0 Å². The summed E-state index contributed by atoms with van der Waals surface area (Å²) in [6, 6.07) is 6.53. The maximum Gasteiger partial charge on any atom is 0.191 e. The molecular formula is C19H31FIN3O2. The Morgan fingerprint density at radius 3 is 2.85 bits per heavy atom. The summed E-state index contributed by atoms with van der Waals surface area (Å²) >= 11 is 0. The number of halogens is 2. The average molecular weight is 479 g/mol. The summed E-state index contributed by atoms with van der Waals surface area (Å²) < 4.78 is 24.3. The van der Waals surface area contributed by atoms with Gasteiger partial charge in [0.1, 0.15) is 5.82 Å². The number of hydrogen-bond donors (Lipinski definition) is 2. The Kier molecular flexibility index (Phi) is 12.6. The van der Waals surface area contributed by atoms with Crippen LogP contribution < -0.4 is 10.6 Å². The molecule has 0 aromatic heterocycles. The normalized spacial score (nSPS) is 15.4. The third-order valence-corrected chi connectivity index (χ3v) is 4.11. The van der Waals surface area contributed by atoms with Crippen LogP contribution in [0, 0.1) is 11.7 Å². The highest BCUT2D eigenvalue weighted by molar-refractivity contribution is 14.0. The number of nitrogens with zero attached hydrogens (tertiary/aromatic N) is 1. The zero-order valence-corrected chi connectivity index (χ0v) is 17.8. The third-order valence-electron chi connectivity index (χ3n) is 4.11. The number of benzene rings is 1. The summed E-state index contributed by atoms with van der Waals surface area (Å²) in [5.74, 6) is 1.16. The summed E-state index contributed by atoms with van der Waals surface area (Å²) in [6.45, 7) is 7.36. The first-order valence-electron chi connectivity index (χ1n) is 9.20. The van der Waals surface area contributed by atoms with Gasteiger partial charge < -0.3 is 20.1 Å². The fraction of sp³-hybridized carbons (Fsp3) is 0.632. The first-order valence-corrected chi connectivity index (χ1v) is 9.20. The minimum absolute atomic E-state index is 0. The molecule has 1 fully saturated rings. The highest BCUT2D eigenvalue weighted by Gasteiger charge is 2.13. The molecule has 0 spiro atoms. The van der Waals surface area contributed by atoms with Crippen molar-refractivity contribution in [3.8, 4) is 0 Å². The van der Waals surface area contributed by atoms with E-state index < -0.39 is 0 Å². The molecule has 1 aliphatic rings. The van der Waals surface area contributed by atoms with E-state index in [9.17, 15) is 4.39 Å². The Labute approximate surface area is 173 Å². The molecule has 1 heterocycles. The Morgan fingerprint density at radius 2 is 2.12 bits per heavy atom. The molecule has 5 nitrogen and oxygen atoms in total. The molecule has 2 rings (SSSR count). The zero-order chi connectivity index (χ0) is 17.7. The van der Waals surface area contributed by atoms with Crippen LogP contribution in [0.5, 0.6) is 0 Å². The topological polar surface area (TPSA) is 54.9 Å². The van der Waals surface area contributed by atoms with Gasteiger partial charge in [0.25, 0.3) is 0 Å². The van der Waals surface area contributed by atoms with Crippen molar-refractivity contribution >= 4 is 29.9 Å². The Morgan fingerprint density at radius 1 is 1.31 bits per heavy atom. The van der Waals surface area contributed by atoms with Crippen LogP contribution >= 0.6 is 24.0 Å². The molecule has 0 unspecified atom stereocenters. The van der Waals surface area contributed by atoms with E-state index in [4.69, 9.17) is 9.47 Å². The summed E-state index contributed by atoms with van der Waals surface area (Å²) in [5.41, 5.74) is 0.858. The zero-order valence-electron chi connectivity index (χ0n) is 15.5. The standard InChI is InChI=1S/C19H30FN3O2.HI/c1-2-21-19(23-14-17-5-3-6-18(20)13-17)22-9-4-10-25-15-16-7-11-24-12-8-16;/h3,5-6,13,16H,2,4,7-12,14-15H2,1H3,(H2,21,22,23);1H. The summed E-state index contributed by atoms with van der Waals surface area (Å²) in [6.07, 6.45) is 3.14. The van der Waals surface area contributed by atoms with E-state index in [-0.39, 0.29) is 29.8 Å². The molecule has 7 heteroatoms. The molecule has 2 N–H and O–H groups in total. The second-order valence-electron chi connectivity index (χ2n) is 6.24. The minimum Gasteiger partial charge on any atom is -0.381 e. The van der Waals surface area contributed by atoms with Crippen molar-refractivity contribution in [1.82, 2.24) is 10.6 Å². The number of ether oxygens (including phenoxy) is 2. The molecular weight excluding hydrogens is 448 g/mol. The molecule has 0 atom stereocenters. The SMILES string of the molecule is CCNC(=NCc1cccc(F)c1)NCCCOCC1CCOCC1.I. The average Bonchev–Trinajstić information content (AvgIpc) is 2.63. The van der Waals surface area contributed by atoms with E-state index in [1.165, 1.54) is 12.1 Å². The monoisotopic (exact) mass is 479 g/mol. The van der Waals surface area contributed by atoms with Gasteiger partial charge in [-0.1, -0.05) is 12.1 Å². The van der Waals surface area contributed by atoms with Crippen LogP contribution in [0.1, 0.15) is 31.7 Å². The summed E-state index contributed by atoms with van der Waals surface area (Å²) in [7, 11) is 0. The van der Waals surface area contributed by atoms with Crippen LogP contribution in [-0.4, -0.2) is 45.5 Å². The van der Waals surface area contributed by atoms with Crippen LogP contribution in [0.3, 0.4) is 0 Å². The maximum atomic E-state index is 13.2. The lowest BCUT2D eigenvalue weighted by Crippen LogP contribution is -2.38. The van der Waals surface area contributed by atoms with Crippen molar-refractivity contribution in [2.75, 3.05) is 39.5 Å². The van der Waals surface area contributed by atoms with E-state index in [0.717, 1.165) is 70.3 Å². The largest absolute Gasteiger partial charge is 0.381 e. The molecule has 148 valence electrons. The molecule has 1 aromatic rings. The molecule has 0 bridgehead atoms. The first-order chi connectivity index (χ1) is 12.3. The van der Waals surface area contributed by atoms with Gasteiger partial charge in [-0.3, -0.25) is 0 Å². The summed E-state index contributed by atoms with van der Waals surface area (Å²) in [5, 5.41) is 6.49.